The molecule has 9 heteroatoms. The highest BCUT2D eigenvalue weighted by atomic mass is 32.2. The summed E-state index contributed by atoms with van der Waals surface area (Å²) >= 11 is 0. The molecule has 4 aromatic rings. The van der Waals surface area contributed by atoms with Crippen LogP contribution in [0.25, 0.3) is 10.8 Å². The van der Waals surface area contributed by atoms with E-state index in [1.807, 2.05) is 36.4 Å². The molecule has 0 aromatic heterocycles. The van der Waals surface area contributed by atoms with Crippen molar-refractivity contribution in [3.63, 3.8) is 0 Å². The van der Waals surface area contributed by atoms with Crippen molar-refractivity contribution in [2.45, 2.75) is 11.8 Å². The van der Waals surface area contributed by atoms with Gasteiger partial charge in [0.15, 0.2) is 0 Å². The van der Waals surface area contributed by atoms with Crippen molar-refractivity contribution in [2.24, 2.45) is 0 Å². The molecule has 0 heterocycles. The van der Waals surface area contributed by atoms with Gasteiger partial charge in [0.05, 0.1) is 17.7 Å². The summed E-state index contributed by atoms with van der Waals surface area (Å²) in [6, 6.07) is 25.3. The Kier molecular flexibility index (Phi) is 7.21. The van der Waals surface area contributed by atoms with E-state index in [0.29, 0.717) is 22.8 Å². The zero-order valence-electron chi connectivity index (χ0n) is 19.8. The number of methoxy groups -OCH3 is 1. The number of hydrogen-bond donors (Lipinski definition) is 2. The fourth-order valence-corrected chi connectivity index (χ4v) is 5.18. The van der Waals surface area contributed by atoms with Gasteiger partial charge in [-0.2, -0.15) is 0 Å². The largest absolute Gasteiger partial charge is 0.497 e. The Morgan fingerprint density at radius 3 is 2.17 bits per heavy atom. The van der Waals surface area contributed by atoms with Crippen LogP contribution in [0.5, 0.6) is 5.75 Å². The molecular weight excluding hydrogens is 478 g/mol. The van der Waals surface area contributed by atoms with E-state index in [4.69, 9.17) is 4.74 Å². The molecule has 0 unspecified atom stereocenters. The molecule has 0 saturated heterocycles. The third kappa shape index (κ3) is 5.47. The summed E-state index contributed by atoms with van der Waals surface area (Å²) in [6.45, 7) is 0.913. The molecule has 4 rings (SSSR count). The zero-order valence-corrected chi connectivity index (χ0v) is 20.6. The number of benzene rings is 4. The van der Waals surface area contributed by atoms with Crippen LogP contribution < -0.4 is 19.7 Å². The third-order valence-corrected chi connectivity index (χ3v) is 7.26. The van der Waals surface area contributed by atoms with E-state index in [9.17, 15) is 18.0 Å². The van der Waals surface area contributed by atoms with Crippen molar-refractivity contribution in [2.75, 3.05) is 28.6 Å². The van der Waals surface area contributed by atoms with Gasteiger partial charge in [0.1, 0.15) is 12.3 Å². The first kappa shape index (κ1) is 24.7. The number of carbonyl (C=O) groups excluding carboxylic acids is 2. The monoisotopic (exact) mass is 503 g/mol. The van der Waals surface area contributed by atoms with Gasteiger partial charge in [0.25, 0.3) is 10.0 Å². The van der Waals surface area contributed by atoms with Crippen LogP contribution in [0, 0.1) is 0 Å². The lowest BCUT2D eigenvalue weighted by Gasteiger charge is -2.24. The van der Waals surface area contributed by atoms with Gasteiger partial charge in [-0.1, -0.05) is 36.4 Å². The van der Waals surface area contributed by atoms with Crippen LogP contribution in [0.15, 0.2) is 95.9 Å². The van der Waals surface area contributed by atoms with Crippen molar-refractivity contribution in [3.8, 4) is 5.75 Å². The minimum absolute atomic E-state index is 0.0228. The van der Waals surface area contributed by atoms with Crippen LogP contribution in [0.1, 0.15) is 6.92 Å². The van der Waals surface area contributed by atoms with Gasteiger partial charge in [-0.15, -0.1) is 0 Å². The second kappa shape index (κ2) is 10.5. The van der Waals surface area contributed by atoms with Gasteiger partial charge in [0.2, 0.25) is 11.8 Å². The molecule has 4 aromatic carbocycles. The average Bonchev–Trinajstić information content (AvgIpc) is 2.87. The van der Waals surface area contributed by atoms with Crippen LogP contribution in [0.4, 0.5) is 17.1 Å². The van der Waals surface area contributed by atoms with E-state index in [2.05, 4.69) is 10.6 Å². The molecule has 36 heavy (non-hydrogen) atoms. The normalized spacial score (nSPS) is 11.1. The van der Waals surface area contributed by atoms with Crippen molar-refractivity contribution in [1.29, 1.82) is 0 Å². The standard InChI is InChI=1S/C27H25N3O5S/c1-19(31)28-21-10-16-24(17-11-21)36(33,34)30(22-12-14-23(35-2)15-13-22)18-27(32)29-26-9-5-7-20-6-3-4-8-25(20)26/h3-17H,18H2,1-2H3,(H,28,31)(H,29,32). The lowest BCUT2D eigenvalue weighted by Crippen LogP contribution is -2.38. The Hall–Kier alpha value is -4.37. The molecule has 2 N–H and O–H groups in total. The number of rotatable bonds is 8. The first-order valence-electron chi connectivity index (χ1n) is 11.1. The van der Waals surface area contributed by atoms with E-state index in [1.165, 1.54) is 38.3 Å². The van der Waals surface area contributed by atoms with E-state index >= 15 is 0 Å². The SMILES string of the molecule is COc1ccc(N(CC(=O)Nc2cccc3ccccc23)S(=O)(=O)c2ccc(NC(C)=O)cc2)cc1. The molecule has 0 atom stereocenters. The molecule has 0 aliphatic rings. The number of carbonyl (C=O) groups is 2. The zero-order chi connectivity index (χ0) is 25.7. The number of anilines is 3. The fraction of sp³-hybridized carbons (Fsp3) is 0.111. The Morgan fingerprint density at radius 2 is 1.50 bits per heavy atom. The molecule has 0 bridgehead atoms. The highest BCUT2D eigenvalue weighted by Gasteiger charge is 2.27. The molecule has 0 aliphatic carbocycles. The summed E-state index contributed by atoms with van der Waals surface area (Å²) in [5.41, 5.74) is 1.35. The van der Waals surface area contributed by atoms with E-state index in [1.54, 1.807) is 30.3 Å². The van der Waals surface area contributed by atoms with E-state index in [0.717, 1.165) is 15.1 Å². The summed E-state index contributed by atoms with van der Waals surface area (Å²) in [7, 11) is -2.62. The first-order chi connectivity index (χ1) is 17.3. The number of nitrogens with one attached hydrogen (secondary N) is 2. The van der Waals surface area contributed by atoms with Crippen LogP contribution in [-0.4, -0.2) is 33.9 Å². The van der Waals surface area contributed by atoms with Gasteiger partial charge in [-0.05, 0) is 60.0 Å². The maximum absolute atomic E-state index is 13.6. The van der Waals surface area contributed by atoms with Crippen LogP contribution in [0.2, 0.25) is 0 Å². The topological polar surface area (TPSA) is 105 Å². The minimum atomic E-state index is -4.13. The fourth-order valence-electron chi connectivity index (χ4n) is 3.76. The molecule has 0 fully saturated rings. The maximum Gasteiger partial charge on any atom is 0.264 e. The first-order valence-corrected chi connectivity index (χ1v) is 12.5. The van der Waals surface area contributed by atoms with Gasteiger partial charge < -0.3 is 15.4 Å². The van der Waals surface area contributed by atoms with Gasteiger partial charge in [-0.25, -0.2) is 8.42 Å². The number of nitrogens with zero attached hydrogens (tertiary/aromatic N) is 1. The molecule has 184 valence electrons. The van der Waals surface area contributed by atoms with Gasteiger partial charge in [0, 0.05) is 23.7 Å². The summed E-state index contributed by atoms with van der Waals surface area (Å²) in [5.74, 6) is -0.216. The Bertz CT molecular complexity index is 1500. The number of amides is 2. The number of ether oxygens (including phenoxy) is 1. The number of fused-ring (bicyclic) bond motifs is 1. The van der Waals surface area contributed by atoms with E-state index in [-0.39, 0.29) is 10.8 Å². The van der Waals surface area contributed by atoms with E-state index < -0.39 is 22.5 Å². The highest BCUT2D eigenvalue weighted by molar-refractivity contribution is 7.92. The maximum atomic E-state index is 13.6. The summed E-state index contributed by atoms with van der Waals surface area (Å²) < 4.78 is 33.5. The van der Waals surface area contributed by atoms with Crippen molar-refractivity contribution < 1.29 is 22.7 Å². The van der Waals surface area contributed by atoms with Gasteiger partial charge >= 0.3 is 0 Å². The third-order valence-electron chi connectivity index (χ3n) is 5.47. The lowest BCUT2D eigenvalue weighted by molar-refractivity contribution is -0.115. The molecule has 0 aliphatic heterocycles. The Labute approximate surface area is 209 Å². The molecule has 0 saturated carbocycles. The van der Waals surface area contributed by atoms with Crippen molar-refractivity contribution >= 4 is 49.7 Å². The number of sulfonamides is 1. The second-order valence-electron chi connectivity index (χ2n) is 7.99. The van der Waals surface area contributed by atoms with Crippen LogP contribution in [-0.2, 0) is 19.6 Å². The highest BCUT2D eigenvalue weighted by Crippen LogP contribution is 2.28. The van der Waals surface area contributed by atoms with Crippen molar-refractivity contribution in [1.82, 2.24) is 0 Å². The van der Waals surface area contributed by atoms with Gasteiger partial charge in [-0.3, -0.25) is 13.9 Å². The number of hydrogen-bond acceptors (Lipinski definition) is 5. The lowest BCUT2D eigenvalue weighted by atomic mass is 10.1. The molecule has 8 nitrogen and oxygen atoms in total. The second-order valence-corrected chi connectivity index (χ2v) is 9.85. The summed E-state index contributed by atoms with van der Waals surface area (Å²) in [5, 5.41) is 7.25. The molecule has 0 spiro atoms. The molecule has 2 amide bonds. The van der Waals surface area contributed by atoms with Crippen molar-refractivity contribution in [3.05, 3.63) is 91.0 Å². The quantitative estimate of drug-likeness (QED) is 0.365. The molecule has 0 radical (unpaired) electrons. The predicted molar refractivity (Wildman–Crippen MR) is 141 cm³/mol. The smallest absolute Gasteiger partial charge is 0.264 e. The summed E-state index contributed by atoms with van der Waals surface area (Å²) in [4.78, 5) is 24.4. The van der Waals surface area contributed by atoms with Crippen LogP contribution in [0.3, 0.4) is 0 Å². The predicted octanol–water partition coefficient (Wildman–Crippen LogP) is 4.64. The Morgan fingerprint density at radius 1 is 0.833 bits per heavy atom. The Balaban J connectivity index is 1.66. The minimum Gasteiger partial charge on any atom is -0.497 e. The molecular formula is C27H25N3O5S. The average molecular weight is 504 g/mol. The summed E-state index contributed by atoms with van der Waals surface area (Å²) in [6.07, 6.45) is 0. The van der Waals surface area contributed by atoms with Crippen LogP contribution >= 0.6 is 0 Å².